The van der Waals surface area contributed by atoms with Gasteiger partial charge in [-0.05, 0) is 79.9 Å². The summed E-state index contributed by atoms with van der Waals surface area (Å²) < 4.78 is 0. The van der Waals surface area contributed by atoms with Gasteiger partial charge in [-0.15, -0.1) is 0 Å². The predicted octanol–water partition coefficient (Wildman–Crippen LogP) is 5.09. The van der Waals surface area contributed by atoms with Gasteiger partial charge >= 0.3 is 0 Å². The fraction of sp³-hybridized carbons (Fsp3) is 0.263. The molecule has 0 spiro atoms. The molecule has 1 atom stereocenters. The SMILES string of the molecule is C[C@H]1CN(C(=S)Nc2ccc(Cl)cc2)CCN1C(=S)Nc1ccc(Cl)cc1. The Bertz CT molecular complexity index is 811. The van der Waals surface area contributed by atoms with Crippen molar-refractivity contribution in [3.8, 4) is 0 Å². The third kappa shape index (κ3) is 5.45. The van der Waals surface area contributed by atoms with Crippen molar-refractivity contribution in [1.29, 1.82) is 0 Å². The topological polar surface area (TPSA) is 30.5 Å². The zero-order chi connectivity index (χ0) is 19.4. The molecule has 3 rings (SSSR count). The van der Waals surface area contributed by atoms with Gasteiger partial charge in [-0.3, -0.25) is 0 Å². The molecule has 4 nitrogen and oxygen atoms in total. The molecule has 2 N–H and O–H groups in total. The molecule has 0 aliphatic carbocycles. The Labute approximate surface area is 180 Å². The van der Waals surface area contributed by atoms with Crippen LogP contribution in [-0.2, 0) is 0 Å². The van der Waals surface area contributed by atoms with Crippen LogP contribution in [0.4, 0.5) is 11.4 Å². The first-order valence-corrected chi connectivity index (χ1v) is 10.1. The normalized spacial score (nSPS) is 16.8. The maximum atomic E-state index is 5.93. The fourth-order valence-electron chi connectivity index (χ4n) is 2.91. The zero-order valence-electron chi connectivity index (χ0n) is 14.8. The average molecular weight is 439 g/mol. The molecule has 0 amide bonds. The van der Waals surface area contributed by atoms with Crippen LogP contribution in [0, 0.1) is 0 Å². The quantitative estimate of drug-likeness (QED) is 0.634. The Morgan fingerprint density at radius 1 is 0.852 bits per heavy atom. The number of nitrogens with zero attached hydrogens (tertiary/aromatic N) is 2. The largest absolute Gasteiger partial charge is 0.345 e. The van der Waals surface area contributed by atoms with E-state index >= 15 is 0 Å². The Morgan fingerprint density at radius 2 is 1.33 bits per heavy atom. The molecule has 2 aromatic rings. The van der Waals surface area contributed by atoms with E-state index < -0.39 is 0 Å². The second-order valence-electron chi connectivity index (χ2n) is 6.36. The number of halogens is 2. The highest BCUT2D eigenvalue weighted by Gasteiger charge is 2.26. The number of hydrogen-bond acceptors (Lipinski definition) is 2. The van der Waals surface area contributed by atoms with E-state index in [0.717, 1.165) is 31.0 Å². The summed E-state index contributed by atoms with van der Waals surface area (Å²) in [5.74, 6) is 0. The van der Waals surface area contributed by atoms with Gasteiger partial charge in [0.05, 0.1) is 0 Å². The number of thiocarbonyl (C=S) groups is 2. The van der Waals surface area contributed by atoms with Gasteiger partial charge in [-0.1, -0.05) is 23.2 Å². The minimum Gasteiger partial charge on any atom is -0.345 e. The lowest BCUT2D eigenvalue weighted by Crippen LogP contribution is -2.57. The van der Waals surface area contributed by atoms with E-state index in [1.807, 2.05) is 48.5 Å². The van der Waals surface area contributed by atoms with Crippen LogP contribution >= 0.6 is 47.6 Å². The maximum Gasteiger partial charge on any atom is 0.173 e. The Balaban J connectivity index is 1.54. The molecule has 1 saturated heterocycles. The summed E-state index contributed by atoms with van der Waals surface area (Å²) in [5, 5.41) is 9.37. The molecule has 2 aromatic carbocycles. The van der Waals surface area contributed by atoms with Crippen LogP contribution in [0.5, 0.6) is 0 Å². The third-order valence-electron chi connectivity index (χ3n) is 4.37. The Hall–Kier alpha value is -1.60. The molecule has 0 saturated carbocycles. The third-order valence-corrected chi connectivity index (χ3v) is 5.57. The summed E-state index contributed by atoms with van der Waals surface area (Å²) >= 11 is 23.0. The van der Waals surface area contributed by atoms with E-state index in [4.69, 9.17) is 47.6 Å². The smallest absolute Gasteiger partial charge is 0.173 e. The fourth-order valence-corrected chi connectivity index (χ4v) is 3.83. The molecule has 1 aliphatic rings. The van der Waals surface area contributed by atoms with E-state index in [2.05, 4.69) is 27.4 Å². The highest BCUT2D eigenvalue weighted by molar-refractivity contribution is 7.80. The molecule has 1 fully saturated rings. The highest BCUT2D eigenvalue weighted by atomic mass is 35.5. The lowest BCUT2D eigenvalue weighted by Gasteiger charge is -2.42. The van der Waals surface area contributed by atoms with Crippen molar-refractivity contribution in [3.05, 3.63) is 58.6 Å². The van der Waals surface area contributed by atoms with Crippen LogP contribution in [0.3, 0.4) is 0 Å². The predicted molar refractivity (Wildman–Crippen MR) is 123 cm³/mol. The summed E-state index contributed by atoms with van der Waals surface area (Å²) in [6.07, 6.45) is 0. The van der Waals surface area contributed by atoms with Gasteiger partial charge in [0, 0.05) is 47.1 Å². The lowest BCUT2D eigenvalue weighted by atomic mass is 10.2. The summed E-state index contributed by atoms with van der Waals surface area (Å²) in [6.45, 7) is 4.53. The van der Waals surface area contributed by atoms with Crippen molar-refractivity contribution in [3.63, 3.8) is 0 Å². The first-order chi connectivity index (χ1) is 12.9. The van der Waals surface area contributed by atoms with Crippen molar-refractivity contribution in [1.82, 2.24) is 9.80 Å². The second-order valence-corrected chi connectivity index (χ2v) is 8.01. The van der Waals surface area contributed by atoms with Gasteiger partial charge < -0.3 is 20.4 Å². The van der Waals surface area contributed by atoms with Crippen molar-refractivity contribution < 1.29 is 0 Å². The molecule has 27 heavy (non-hydrogen) atoms. The summed E-state index contributed by atoms with van der Waals surface area (Å²) in [5.41, 5.74) is 1.86. The molecule has 0 bridgehead atoms. The van der Waals surface area contributed by atoms with Crippen LogP contribution in [0.25, 0.3) is 0 Å². The van der Waals surface area contributed by atoms with Crippen LogP contribution in [0.1, 0.15) is 6.92 Å². The average Bonchev–Trinajstić information content (AvgIpc) is 2.65. The Kier molecular flexibility index (Phi) is 6.76. The van der Waals surface area contributed by atoms with Crippen LogP contribution in [-0.4, -0.2) is 45.7 Å². The zero-order valence-corrected chi connectivity index (χ0v) is 17.9. The summed E-state index contributed by atoms with van der Waals surface area (Å²) in [6, 6.07) is 15.3. The first-order valence-electron chi connectivity index (χ1n) is 8.57. The van der Waals surface area contributed by atoms with E-state index in [-0.39, 0.29) is 6.04 Å². The molecule has 0 aromatic heterocycles. The van der Waals surface area contributed by atoms with Crippen molar-refractivity contribution in [2.75, 3.05) is 30.3 Å². The van der Waals surface area contributed by atoms with Crippen molar-refractivity contribution >= 4 is 69.2 Å². The van der Waals surface area contributed by atoms with Crippen molar-refractivity contribution in [2.45, 2.75) is 13.0 Å². The summed E-state index contributed by atoms with van der Waals surface area (Å²) in [7, 11) is 0. The molecule has 1 heterocycles. The molecular weight excluding hydrogens is 419 g/mol. The van der Waals surface area contributed by atoms with Gasteiger partial charge in [0.25, 0.3) is 0 Å². The van der Waals surface area contributed by atoms with E-state index in [0.29, 0.717) is 20.3 Å². The second kappa shape index (κ2) is 9.06. The van der Waals surface area contributed by atoms with E-state index in [9.17, 15) is 0 Å². The molecule has 1 aliphatic heterocycles. The van der Waals surface area contributed by atoms with E-state index in [1.165, 1.54) is 0 Å². The number of anilines is 2. The summed E-state index contributed by atoms with van der Waals surface area (Å²) in [4.78, 5) is 4.35. The van der Waals surface area contributed by atoms with E-state index in [1.54, 1.807) is 0 Å². The van der Waals surface area contributed by atoms with Gasteiger partial charge in [-0.25, -0.2) is 0 Å². The molecule has 142 valence electrons. The number of benzene rings is 2. The number of piperazine rings is 1. The number of nitrogens with one attached hydrogen (secondary N) is 2. The van der Waals surface area contributed by atoms with Gasteiger partial charge in [0.1, 0.15) is 0 Å². The Morgan fingerprint density at radius 3 is 1.81 bits per heavy atom. The lowest BCUT2D eigenvalue weighted by molar-refractivity contribution is 0.200. The van der Waals surface area contributed by atoms with Crippen LogP contribution in [0.15, 0.2) is 48.5 Å². The van der Waals surface area contributed by atoms with Crippen molar-refractivity contribution in [2.24, 2.45) is 0 Å². The van der Waals surface area contributed by atoms with Crippen LogP contribution < -0.4 is 10.6 Å². The van der Waals surface area contributed by atoms with Gasteiger partial charge in [0.15, 0.2) is 10.2 Å². The van der Waals surface area contributed by atoms with Crippen LogP contribution in [0.2, 0.25) is 10.0 Å². The number of hydrogen-bond donors (Lipinski definition) is 2. The highest BCUT2D eigenvalue weighted by Crippen LogP contribution is 2.18. The molecule has 0 radical (unpaired) electrons. The minimum absolute atomic E-state index is 0.232. The van der Waals surface area contributed by atoms with Gasteiger partial charge in [-0.2, -0.15) is 0 Å². The molecular formula is C19H20Cl2N4S2. The molecule has 8 heteroatoms. The maximum absolute atomic E-state index is 5.93. The monoisotopic (exact) mass is 438 g/mol. The first kappa shape index (κ1) is 20.1. The minimum atomic E-state index is 0.232. The standard InChI is InChI=1S/C19H20Cl2N4S2/c1-13-12-24(18(26)22-16-6-2-14(20)3-7-16)10-11-25(13)19(27)23-17-8-4-15(21)5-9-17/h2-9,13H,10-12H2,1H3,(H,22,26)(H,23,27)/t13-/m0/s1. The number of rotatable bonds is 2. The molecule has 0 unspecified atom stereocenters. The van der Waals surface area contributed by atoms with Gasteiger partial charge in [0.2, 0.25) is 0 Å².